The number of aromatic nitrogens is 4. The van der Waals surface area contributed by atoms with Crippen molar-refractivity contribution < 1.29 is 14.3 Å². The molecular weight excluding hydrogens is 520 g/mol. The maximum Gasteiger partial charge on any atom is 0.340 e. The Morgan fingerprint density at radius 1 is 1.21 bits per heavy atom. The Morgan fingerprint density at radius 3 is 2.74 bits per heavy atom. The van der Waals surface area contributed by atoms with Crippen molar-refractivity contribution in [2.75, 3.05) is 6.61 Å². The minimum Gasteiger partial charge on any atom is -0.462 e. The van der Waals surface area contributed by atoms with Crippen molar-refractivity contribution in [1.82, 2.24) is 19.3 Å². The second kappa shape index (κ2) is 10.5. The lowest BCUT2D eigenvalue weighted by molar-refractivity contribution is 0.0526. The molecule has 34 heavy (non-hydrogen) atoms. The second-order valence-electron chi connectivity index (χ2n) is 7.80. The maximum atomic E-state index is 12.5. The third-order valence-corrected chi connectivity index (χ3v) is 6.59. The Kier molecular flexibility index (Phi) is 7.48. The van der Waals surface area contributed by atoms with Crippen molar-refractivity contribution in [3.05, 3.63) is 74.9 Å². The highest BCUT2D eigenvalue weighted by Gasteiger charge is 2.19. The molecule has 0 aliphatic heterocycles. The van der Waals surface area contributed by atoms with Crippen molar-refractivity contribution >= 4 is 50.7 Å². The van der Waals surface area contributed by atoms with Gasteiger partial charge in [0.25, 0.3) is 0 Å². The van der Waals surface area contributed by atoms with Crippen LogP contribution in [0.1, 0.15) is 58.9 Å². The van der Waals surface area contributed by atoms with Gasteiger partial charge in [-0.1, -0.05) is 43.1 Å². The average molecular weight is 544 g/mol. The van der Waals surface area contributed by atoms with Gasteiger partial charge >= 0.3 is 5.97 Å². The summed E-state index contributed by atoms with van der Waals surface area (Å²) in [6.45, 7) is 4.63. The number of esters is 1. The molecule has 0 saturated heterocycles. The molecule has 4 aromatic rings. The number of ether oxygens (including phenoxy) is 1. The summed E-state index contributed by atoms with van der Waals surface area (Å²) in [4.78, 5) is 28.6. The van der Waals surface area contributed by atoms with Gasteiger partial charge in [-0.2, -0.15) is 5.10 Å². The number of imidazole rings is 1. The molecule has 0 unspecified atom stereocenters. The van der Waals surface area contributed by atoms with E-state index in [0.29, 0.717) is 34.7 Å². The number of nitrogens with zero attached hydrogens (tertiary/aromatic N) is 4. The largest absolute Gasteiger partial charge is 0.462 e. The average Bonchev–Trinajstić information content (AvgIpc) is 3.33. The fourth-order valence-corrected chi connectivity index (χ4v) is 4.71. The molecule has 0 aliphatic carbocycles. The van der Waals surface area contributed by atoms with Gasteiger partial charge in [0.05, 0.1) is 23.4 Å². The van der Waals surface area contributed by atoms with Crippen LogP contribution < -0.4 is 0 Å². The van der Waals surface area contributed by atoms with Crippen molar-refractivity contribution in [2.45, 2.75) is 39.7 Å². The van der Waals surface area contributed by atoms with E-state index in [9.17, 15) is 9.59 Å². The summed E-state index contributed by atoms with van der Waals surface area (Å²) in [5.74, 6) is 0.399. The molecule has 0 aliphatic rings. The molecule has 0 fully saturated rings. The van der Waals surface area contributed by atoms with E-state index in [0.717, 1.165) is 47.8 Å². The standard InChI is InChI=1S/C25H24BrClN4O3/c1-3-5-10-22-28-24(27)21(15-32)30(22)14-16-11-12-19-18(13-16)23(26)31(29-19)20-9-7-6-8-17(20)25(33)34-4-2/h6-9,11-13,15H,3-5,10,14H2,1-2H3. The molecule has 4 rings (SSSR count). The zero-order chi connectivity index (χ0) is 24.2. The summed E-state index contributed by atoms with van der Waals surface area (Å²) in [5.41, 5.74) is 3.17. The molecule has 176 valence electrons. The monoisotopic (exact) mass is 542 g/mol. The van der Waals surface area contributed by atoms with Gasteiger partial charge in [0.2, 0.25) is 0 Å². The Balaban J connectivity index is 1.74. The predicted octanol–water partition coefficient (Wildman–Crippen LogP) is 6.02. The summed E-state index contributed by atoms with van der Waals surface area (Å²) in [6.07, 6.45) is 3.48. The van der Waals surface area contributed by atoms with Gasteiger partial charge in [0.15, 0.2) is 11.4 Å². The van der Waals surface area contributed by atoms with Crippen LogP contribution in [0.15, 0.2) is 47.1 Å². The number of halogens is 2. The van der Waals surface area contributed by atoms with Gasteiger partial charge < -0.3 is 9.30 Å². The Morgan fingerprint density at radius 2 is 2.00 bits per heavy atom. The molecule has 7 nitrogen and oxygen atoms in total. The molecule has 2 aromatic heterocycles. The highest BCUT2D eigenvalue weighted by Crippen LogP contribution is 2.30. The lowest BCUT2D eigenvalue weighted by Gasteiger charge is -2.10. The third kappa shape index (κ3) is 4.65. The lowest BCUT2D eigenvalue weighted by atomic mass is 10.1. The fraction of sp³-hybridized carbons (Fsp3) is 0.280. The molecule has 0 radical (unpaired) electrons. The Labute approximate surface area is 210 Å². The second-order valence-corrected chi connectivity index (χ2v) is 8.91. The number of para-hydroxylation sites is 1. The van der Waals surface area contributed by atoms with Crippen LogP contribution in [0.4, 0.5) is 0 Å². The van der Waals surface area contributed by atoms with Crippen LogP contribution in [0.5, 0.6) is 0 Å². The quantitative estimate of drug-likeness (QED) is 0.191. The number of fused-ring (bicyclic) bond motifs is 1. The Bertz CT molecular complexity index is 1360. The number of carbonyl (C=O) groups excluding carboxylic acids is 2. The molecule has 2 heterocycles. The Hall–Kier alpha value is -2.97. The van der Waals surface area contributed by atoms with Crippen LogP contribution in [0.2, 0.25) is 5.15 Å². The van der Waals surface area contributed by atoms with Gasteiger partial charge in [0, 0.05) is 18.4 Å². The number of benzene rings is 2. The molecule has 0 atom stereocenters. The zero-order valence-corrected chi connectivity index (χ0v) is 21.3. The number of unbranched alkanes of at least 4 members (excludes halogenated alkanes) is 1. The molecule has 2 aromatic carbocycles. The summed E-state index contributed by atoms with van der Waals surface area (Å²) >= 11 is 9.89. The molecular formula is C25H24BrClN4O3. The van der Waals surface area contributed by atoms with Crippen molar-refractivity contribution in [2.24, 2.45) is 0 Å². The van der Waals surface area contributed by atoms with Gasteiger partial charge in [0.1, 0.15) is 16.1 Å². The number of rotatable bonds is 9. The number of hydrogen-bond donors (Lipinski definition) is 0. The van der Waals surface area contributed by atoms with Crippen LogP contribution in [-0.2, 0) is 17.7 Å². The van der Waals surface area contributed by atoms with E-state index in [1.165, 1.54) is 0 Å². The maximum absolute atomic E-state index is 12.5. The molecule has 0 bridgehead atoms. The lowest BCUT2D eigenvalue weighted by Crippen LogP contribution is -2.10. The minimum atomic E-state index is -0.400. The van der Waals surface area contributed by atoms with Crippen LogP contribution in [0.25, 0.3) is 16.6 Å². The van der Waals surface area contributed by atoms with E-state index < -0.39 is 5.97 Å². The highest BCUT2D eigenvalue weighted by molar-refractivity contribution is 9.10. The van der Waals surface area contributed by atoms with E-state index >= 15 is 0 Å². The summed E-state index contributed by atoms with van der Waals surface area (Å²) in [6, 6.07) is 13.1. The van der Waals surface area contributed by atoms with Gasteiger partial charge in [-0.05, 0) is 59.1 Å². The van der Waals surface area contributed by atoms with Crippen molar-refractivity contribution in [3.63, 3.8) is 0 Å². The predicted molar refractivity (Wildman–Crippen MR) is 135 cm³/mol. The van der Waals surface area contributed by atoms with Crippen LogP contribution in [0.3, 0.4) is 0 Å². The van der Waals surface area contributed by atoms with E-state index in [4.69, 9.17) is 21.4 Å². The molecule has 0 amide bonds. The van der Waals surface area contributed by atoms with Crippen molar-refractivity contribution in [1.29, 1.82) is 0 Å². The van der Waals surface area contributed by atoms with Crippen LogP contribution in [0, 0.1) is 0 Å². The number of carbonyl (C=O) groups is 2. The first kappa shape index (κ1) is 24.2. The van der Waals surface area contributed by atoms with Gasteiger partial charge in [-0.3, -0.25) is 4.79 Å². The SMILES string of the molecule is CCCCc1nc(Cl)c(C=O)n1Cc1ccc2nn(-c3ccccc3C(=O)OCC)c(Br)c2c1. The van der Waals surface area contributed by atoms with Gasteiger partial charge in [-0.15, -0.1) is 0 Å². The minimum absolute atomic E-state index is 0.228. The fourth-order valence-electron chi connectivity index (χ4n) is 3.88. The first-order chi connectivity index (χ1) is 16.5. The normalized spacial score (nSPS) is 11.2. The topological polar surface area (TPSA) is 79.0 Å². The third-order valence-electron chi connectivity index (χ3n) is 5.55. The first-order valence-electron chi connectivity index (χ1n) is 11.1. The van der Waals surface area contributed by atoms with Crippen molar-refractivity contribution in [3.8, 4) is 5.69 Å². The van der Waals surface area contributed by atoms with E-state index in [1.54, 1.807) is 23.7 Å². The molecule has 0 spiro atoms. The molecule has 9 heteroatoms. The van der Waals surface area contributed by atoms with Crippen LogP contribution >= 0.6 is 27.5 Å². The van der Waals surface area contributed by atoms with E-state index in [-0.39, 0.29) is 5.15 Å². The smallest absolute Gasteiger partial charge is 0.340 e. The number of aryl methyl sites for hydroxylation is 1. The van der Waals surface area contributed by atoms with E-state index in [2.05, 4.69) is 27.8 Å². The van der Waals surface area contributed by atoms with Gasteiger partial charge in [-0.25, -0.2) is 14.5 Å². The first-order valence-corrected chi connectivity index (χ1v) is 12.3. The molecule has 0 saturated carbocycles. The number of hydrogen-bond acceptors (Lipinski definition) is 5. The summed E-state index contributed by atoms with van der Waals surface area (Å²) in [5, 5.41) is 5.80. The number of aldehydes is 1. The zero-order valence-electron chi connectivity index (χ0n) is 18.9. The van der Waals surface area contributed by atoms with E-state index in [1.807, 2.05) is 34.9 Å². The highest BCUT2D eigenvalue weighted by atomic mass is 79.9. The van der Waals surface area contributed by atoms with Crippen LogP contribution in [-0.4, -0.2) is 38.2 Å². The summed E-state index contributed by atoms with van der Waals surface area (Å²) in [7, 11) is 0. The molecule has 0 N–H and O–H groups in total. The summed E-state index contributed by atoms with van der Waals surface area (Å²) < 4.78 is 9.49.